The molecule has 0 spiro atoms. The molecule has 1 saturated carbocycles. The number of aromatic nitrogens is 6. The first-order valence-corrected chi connectivity index (χ1v) is 12.9. The Bertz CT molecular complexity index is 1780. The summed E-state index contributed by atoms with van der Waals surface area (Å²) < 4.78 is 0. The molecular weight excluding hydrogens is 474 g/mol. The quantitative estimate of drug-likeness (QED) is 0.256. The summed E-state index contributed by atoms with van der Waals surface area (Å²) in [5.74, 6) is 0.178. The first-order valence-electron chi connectivity index (χ1n) is 12.9. The minimum absolute atomic E-state index is 0.0806. The highest BCUT2D eigenvalue weighted by Crippen LogP contribution is 2.35. The Morgan fingerprint density at radius 2 is 1.71 bits per heavy atom. The fourth-order valence-electron chi connectivity index (χ4n) is 5.43. The lowest BCUT2D eigenvalue weighted by Gasteiger charge is -2.11. The molecule has 0 saturated heterocycles. The van der Waals surface area contributed by atoms with Crippen molar-refractivity contribution in [2.45, 2.75) is 25.7 Å². The predicted molar refractivity (Wildman–Crippen MR) is 148 cm³/mol. The minimum atomic E-state index is 0.0806. The lowest BCUT2D eigenvalue weighted by atomic mass is 10.0. The molecule has 1 aromatic carbocycles. The fraction of sp³-hybridized carbons (Fsp3) is 0.167. The van der Waals surface area contributed by atoms with Crippen LogP contribution in [0.1, 0.15) is 25.7 Å². The van der Waals surface area contributed by atoms with E-state index in [1.165, 1.54) is 0 Å². The Morgan fingerprint density at radius 1 is 0.868 bits per heavy atom. The Hall–Kier alpha value is -4.85. The van der Waals surface area contributed by atoms with Crippen LogP contribution in [0.15, 0.2) is 79.5 Å². The topological polar surface area (TPSA) is 112 Å². The summed E-state index contributed by atoms with van der Waals surface area (Å²) in [7, 11) is 0. The maximum atomic E-state index is 12.6. The van der Waals surface area contributed by atoms with Crippen molar-refractivity contribution >= 4 is 33.5 Å². The third-order valence-corrected chi connectivity index (χ3v) is 7.40. The maximum Gasteiger partial charge on any atom is 0.227 e. The standard InChI is InChI=1S/C30H25N7O/c38-30(19-4-1-2-5-19)34-22-12-20(15-32-17-22)21-13-25-28(36-37-29(25)33-16-21)27-14-24-23(6-3-7-26(24)35-27)18-8-10-31-11-9-18/h3,6-17,19,35H,1-2,4-5H2,(H,34,38)(H,33,36,37). The van der Waals surface area contributed by atoms with Gasteiger partial charge >= 0.3 is 0 Å². The first-order chi connectivity index (χ1) is 18.7. The lowest BCUT2D eigenvalue weighted by Crippen LogP contribution is -2.20. The summed E-state index contributed by atoms with van der Waals surface area (Å²) in [6.07, 6.45) is 13.0. The van der Waals surface area contributed by atoms with Gasteiger partial charge in [-0.2, -0.15) is 5.10 Å². The molecule has 8 heteroatoms. The van der Waals surface area contributed by atoms with Crippen molar-refractivity contribution in [3.05, 3.63) is 79.5 Å². The number of anilines is 1. The molecule has 0 bridgehead atoms. The molecule has 1 fully saturated rings. The van der Waals surface area contributed by atoms with Gasteiger partial charge < -0.3 is 10.3 Å². The van der Waals surface area contributed by atoms with Crippen LogP contribution < -0.4 is 5.32 Å². The molecule has 7 rings (SSSR count). The summed E-state index contributed by atoms with van der Waals surface area (Å²) in [4.78, 5) is 29.3. The highest BCUT2D eigenvalue weighted by molar-refractivity contribution is 6.01. The molecule has 38 heavy (non-hydrogen) atoms. The molecule has 186 valence electrons. The van der Waals surface area contributed by atoms with Crippen molar-refractivity contribution in [2.75, 3.05) is 5.32 Å². The molecule has 3 N–H and O–H groups in total. The zero-order chi connectivity index (χ0) is 25.5. The van der Waals surface area contributed by atoms with E-state index in [-0.39, 0.29) is 11.8 Å². The molecule has 6 aromatic rings. The van der Waals surface area contributed by atoms with Gasteiger partial charge in [-0.1, -0.05) is 25.0 Å². The van der Waals surface area contributed by atoms with E-state index in [1.807, 2.05) is 18.2 Å². The van der Waals surface area contributed by atoms with Crippen LogP contribution in [0.2, 0.25) is 0 Å². The van der Waals surface area contributed by atoms with Crippen molar-refractivity contribution in [3.8, 4) is 33.6 Å². The number of amides is 1. The predicted octanol–water partition coefficient (Wildman–Crippen LogP) is 6.36. The number of benzene rings is 1. The number of hydrogen-bond donors (Lipinski definition) is 3. The number of nitrogens with zero attached hydrogens (tertiary/aromatic N) is 4. The van der Waals surface area contributed by atoms with Gasteiger partial charge in [0.2, 0.25) is 5.91 Å². The van der Waals surface area contributed by atoms with Gasteiger partial charge in [0, 0.05) is 58.1 Å². The number of carbonyl (C=O) groups is 1. The lowest BCUT2D eigenvalue weighted by molar-refractivity contribution is -0.119. The van der Waals surface area contributed by atoms with Gasteiger partial charge in [0.05, 0.1) is 23.3 Å². The third kappa shape index (κ3) is 4.00. The van der Waals surface area contributed by atoms with E-state index in [4.69, 9.17) is 0 Å². The van der Waals surface area contributed by atoms with Crippen LogP contribution in [-0.4, -0.2) is 36.0 Å². The smallest absolute Gasteiger partial charge is 0.227 e. The Kier molecular flexibility index (Phi) is 5.43. The van der Waals surface area contributed by atoms with E-state index in [0.29, 0.717) is 11.3 Å². The van der Waals surface area contributed by atoms with Gasteiger partial charge in [0.25, 0.3) is 0 Å². The molecule has 0 unspecified atom stereocenters. The number of H-pyrrole nitrogens is 2. The molecule has 1 amide bonds. The van der Waals surface area contributed by atoms with Crippen molar-refractivity contribution < 1.29 is 4.79 Å². The van der Waals surface area contributed by atoms with Crippen LogP contribution in [0.5, 0.6) is 0 Å². The second-order valence-electron chi connectivity index (χ2n) is 9.81. The number of fused-ring (bicyclic) bond motifs is 2. The summed E-state index contributed by atoms with van der Waals surface area (Å²) >= 11 is 0. The van der Waals surface area contributed by atoms with E-state index in [1.54, 1.807) is 31.0 Å². The van der Waals surface area contributed by atoms with E-state index in [0.717, 1.165) is 75.6 Å². The number of nitrogens with one attached hydrogen (secondary N) is 3. The monoisotopic (exact) mass is 499 g/mol. The molecule has 8 nitrogen and oxygen atoms in total. The normalized spacial score (nSPS) is 13.9. The van der Waals surface area contributed by atoms with Crippen molar-refractivity contribution in [1.82, 2.24) is 30.1 Å². The van der Waals surface area contributed by atoms with Gasteiger partial charge in [0.1, 0.15) is 0 Å². The van der Waals surface area contributed by atoms with Gasteiger partial charge in [-0.05, 0) is 60.4 Å². The van der Waals surface area contributed by atoms with E-state index in [9.17, 15) is 4.79 Å². The molecule has 1 aliphatic rings. The summed E-state index contributed by atoms with van der Waals surface area (Å²) in [5.41, 5.74) is 8.20. The SMILES string of the molecule is O=C(Nc1cncc(-c2cnc3n[nH]c(-c4cc5c(-c6ccncc6)cccc5[nH]4)c3c2)c1)C1CCCC1. The zero-order valence-electron chi connectivity index (χ0n) is 20.6. The van der Waals surface area contributed by atoms with Crippen LogP contribution in [0.25, 0.3) is 55.6 Å². The van der Waals surface area contributed by atoms with Crippen LogP contribution in [0, 0.1) is 5.92 Å². The van der Waals surface area contributed by atoms with E-state index < -0.39 is 0 Å². The van der Waals surface area contributed by atoms with Crippen LogP contribution in [-0.2, 0) is 4.79 Å². The van der Waals surface area contributed by atoms with Gasteiger partial charge in [-0.15, -0.1) is 0 Å². The van der Waals surface area contributed by atoms with Crippen LogP contribution in [0.4, 0.5) is 5.69 Å². The minimum Gasteiger partial charge on any atom is -0.353 e. The molecule has 0 atom stereocenters. The van der Waals surface area contributed by atoms with Crippen molar-refractivity contribution in [3.63, 3.8) is 0 Å². The highest BCUT2D eigenvalue weighted by atomic mass is 16.1. The highest BCUT2D eigenvalue weighted by Gasteiger charge is 2.23. The number of hydrogen-bond acceptors (Lipinski definition) is 5. The van der Waals surface area contributed by atoms with Crippen molar-refractivity contribution in [1.29, 1.82) is 0 Å². The maximum absolute atomic E-state index is 12.6. The largest absolute Gasteiger partial charge is 0.353 e. The van der Waals surface area contributed by atoms with Gasteiger partial charge in [0.15, 0.2) is 5.65 Å². The summed E-state index contributed by atoms with van der Waals surface area (Å²) in [5, 5.41) is 12.7. The first kappa shape index (κ1) is 22.4. The second-order valence-corrected chi connectivity index (χ2v) is 9.81. The molecule has 0 aliphatic heterocycles. The Labute approximate surface area is 218 Å². The molecular formula is C30H25N7O. The average Bonchev–Trinajstić information content (AvgIpc) is 3.73. The summed E-state index contributed by atoms with van der Waals surface area (Å²) in [6.45, 7) is 0. The number of carbonyl (C=O) groups excluding carboxylic acids is 1. The molecule has 1 aliphatic carbocycles. The second kappa shape index (κ2) is 9.23. The number of aromatic amines is 2. The van der Waals surface area contributed by atoms with Gasteiger partial charge in [-0.3, -0.25) is 19.9 Å². The zero-order valence-corrected chi connectivity index (χ0v) is 20.6. The van der Waals surface area contributed by atoms with E-state index in [2.05, 4.69) is 65.8 Å². The molecule has 0 radical (unpaired) electrons. The Morgan fingerprint density at radius 3 is 2.58 bits per heavy atom. The molecule has 5 aromatic heterocycles. The number of rotatable bonds is 5. The van der Waals surface area contributed by atoms with Gasteiger partial charge in [-0.25, -0.2) is 4.98 Å². The molecule has 5 heterocycles. The third-order valence-electron chi connectivity index (χ3n) is 7.40. The van der Waals surface area contributed by atoms with Crippen LogP contribution >= 0.6 is 0 Å². The average molecular weight is 500 g/mol. The summed E-state index contributed by atoms with van der Waals surface area (Å²) in [6, 6.07) is 16.4. The van der Waals surface area contributed by atoms with Crippen LogP contribution in [0.3, 0.4) is 0 Å². The number of pyridine rings is 3. The fourth-order valence-corrected chi connectivity index (χ4v) is 5.43. The van der Waals surface area contributed by atoms with E-state index >= 15 is 0 Å². The van der Waals surface area contributed by atoms with Crippen molar-refractivity contribution in [2.24, 2.45) is 5.92 Å². The Balaban J connectivity index is 1.25.